The summed E-state index contributed by atoms with van der Waals surface area (Å²) in [6.45, 7) is 0.291. The molecular formula is C21H28N2O. The van der Waals surface area contributed by atoms with Crippen LogP contribution in [0.15, 0.2) is 48.8 Å². The summed E-state index contributed by atoms with van der Waals surface area (Å²) in [6, 6.07) is 13.6. The predicted octanol–water partition coefficient (Wildman–Crippen LogP) is 4.53. The number of hydrogen-bond donors (Lipinski definition) is 2. The highest BCUT2D eigenvalue weighted by atomic mass is 16.2. The maximum Gasteiger partial charge on any atom is 0.0431 e. The SMILES string of the molecule is OCCCCc1ccc(NC2CCCC(c3cccnc3)C2)cc1. The van der Waals surface area contributed by atoms with Crippen molar-refractivity contribution in [2.45, 2.75) is 56.9 Å². The Morgan fingerprint density at radius 1 is 1.08 bits per heavy atom. The highest BCUT2D eigenvalue weighted by molar-refractivity contribution is 5.45. The fourth-order valence-electron chi connectivity index (χ4n) is 3.69. The fourth-order valence-corrected chi connectivity index (χ4v) is 3.69. The minimum absolute atomic E-state index is 0.291. The van der Waals surface area contributed by atoms with Gasteiger partial charge in [-0.3, -0.25) is 4.98 Å². The third-order valence-corrected chi connectivity index (χ3v) is 5.03. The molecule has 0 bridgehead atoms. The normalized spacial score (nSPS) is 20.7. The van der Waals surface area contributed by atoms with Gasteiger partial charge in [0.2, 0.25) is 0 Å². The second kappa shape index (κ2) is 8.84. The molecule has 1 aromatic heterocycles. The fraction of sp³-hybridized carbons (Fsp3) is 0.476. The van der Waals surface area contributed by atoms with E-state index in [0.29, 0.717) is 18.6 Å². The zero-order valence-electron chi connectivity index (χ0n) is 14.3. The minimum atomic E-state index is 0.291. The van der Waals surface area contributed by atoms with Crippen LogP contribution in [0, 0.1) is 0 Å². The second-order valence-electron chi connectivity index (χ2n) is 6.87. The molecule has 1 aliphatic carbocycles. The van der Waals surface area contributed by atoms with E-state index in [-0.39, 0.29) is 0 Å². The van der Waals surface area contributed by atoms with Gasteiger partial charge in [-0.1, -0.05) is 24.6 Å². The highest BCUT2D eigenvalue weighted by Gasteiger charge is 2.23. The Bertz CT molecular complexity index is 597. The zero-order valence-corrected chi connectivity index (χ0v) is 14.3. The number of benzene rings is 1. The largest absolute Gasteiger partial charge is 0.396 e. The Kier molecular flexibility index (Phi) is 6.25. The molecule has 3 rings (SSSR count). The van der Waals surface area contributed by atoms with Gasteiger partial charge in [-0.15, -0.1) is 0 Å². The lowest BCUT2D eigenvalue weighted by Crippen LogP contribution is -2.26. The van der Waals surface area contributed by atoms with Crippen molar-refractivity contribution in [3.63, 3.8) is 0 Å². The maximum atomic E-state index is 8.86. The molecule has 0 saturated heterocycles. The third-order valence-electron chi connectivity index (χ3n) is 5.03. The van der Waals surface area contributed by atoms with Crippen LogP contribution in [0.1, 0.15) is 55.6 Å². The van der Waals surface area contributed by atoms with Crippen molar-refractivity contribution in [1.82, 2.24) is 4.98 Å². The number of hydrogen-bond acceptors (Lipinski definition) is 3. The lowest BCUT2D eigenvalue weighted by molar-refractivity contribution is 0.284. The van der Waals surface area contributed by atoms with Crippen molar-refractivity contribution < 1.29 is 5.11 Å². The summed E-state index contributed by atoms with van der Waals surface area (Å²) in [5.41, 5.74) is 3.95. The van der Waals surface area contributed by atoms with Crippen LogP contribution in [0.2, 0.25) is 0 Å². The first-order chi connectivity index (χ1) is 11.8. The van der Waals surface area contributed by atoms with Crippen LogP contribution in [-0.2, 0) is 6.42 Å². The van der Waals surface area contributed by atoms with Crippen LogP contribution in [0.4, 0.5) is 5.69 Å². The summed E-state index contributed by atoms with van der Waals surface area (Å²) in [6.07, 6.45) is 11.8. The number of aromatic nitrogens is 1. The molecule has 1 heterocycles. The third kappa shape index (κ3) is 4.81. The van der Waals surface area contributed by atoms with Gasteiger partial charge in [0.1, 0.15) is 0 Å². The molecule has 1 saturated carbocycles. The molecule has 0 radical (unpaired) electrons. The lowest BCUT2D eigenvalue weighted by atomic mass is 9.82. The Morgan fingerprint density at radius 3 is 2.71 bits per heavy atom. The number of nitrogens with zero attached hydrogens (tertiary/aromatic N) is 1. The van der Waals surface area contributed by atoms with Gasteiger partial charge in [-0.25, -0.2) is 0 Å². The summed E-state index contributed by atoms with van der Waals surface area (Å²) in [4.78, 5) is 4.27. The van der Waals surface area contributed by atoms with E-state index >= 15 is 0 Å². The van der Waals surface area contributed by atoms with Crippen LogP contribution in [0.5, 0.6) is 0 Å². The van der Waals surface area contributed by atoms with Crippen molar-refractivity contribution >= 4 is 5.69 Å². The van der Waals surface area contributed by atoms with E-state index in [2.05, 4.69) is 40.6 Å². The summed E-state index contributed by atoms with van der Waals surface area (Å²) >= 11 is 0. The van der Waals surface area contributed by atoms with Crippen molar-refractivity contribution in [3.8, 4) is 0 Å². The monoisotopic (exact) mass is 324 g/mol. The van der Waals surface area contributed by atoms with Gasteiger partial charge in [0, 0.05) is 30.7 Å². The number of nitrogens with one attached hydrogen (secondary N) is 1. The van der Waals surface area contributed by atoms with Crippen LogP contribution >= 0.6 is 0 Å². The first-order valence-electron chi connectivity index (χ1n) is 9.21. The van der Waals surface area contributed by atoms with Gasteiger partial charge >= 0.3 is 0 Å². The molecule has 1 fully saturated rings. The summed E-state index contributed by atoms with van der Waals surface area (Å²) in [5, 5.41) is 12.6. The van der Waals surface area contributed by atoms with Gasteiger partial charge in [-0.2, -0.15) is 0 Å². The molecule has 0 spiro atoms. The van der Waals surface area contributed by atoms with Crippen LogP contribution in [0.25, 0.3) is 0 Å². The highest BCUT2D eigenvalue weighted by Crippen LogP contribution is 2.33. The van der Waals surface area contributed by atoms with E-state index in [1.807, 2.05) is 18.5 Å². The summed E-state index contributed by atoms with van der Waals surface area (Å²) < 4.78 is 0. The molecule has 2 unspecified atom stereocenters. The van der Waals surface area contributed by atoms with E-state index in [1.165, 1.54) is 42.5 Å². The average Bonchev–Trinajstić information content (AvgIpc) is 2.64. The molecule has 3 nitrogen and oxygen atoms in total. The molecule has 3 heteroatoms. The van der Waals surface area contributed by atoms with Gasteiger partial charge in [0.15, 0.2) is 0 Å². The first-order valence-corrected chi connectivity index (χ1v) is 9.21. The number of anilines is 1. The number of aliphatic hydroxyl groups excluding tert-OH is 1. The van der Waals surface area contributed by atoms with Gasteiger partial charge < -0.3 is 10.4 Å². The number of pyridine rings is 1. The number of unbranched alkanes of at least 4 members (excludes halogenated alkanes) is 1. The van der Waals surface area contributed by atoms with E-state index in [0.717, 1.165) is 19.3 Å². The molecule has 128 valence electrons. The lowest BCUT2D eigenvalue weighted by Gasteiger charge is -2.30. The Morgan fingerprint density at radius 2 is 1.96 bits per heavy atom. The average molecular weight is 324 g/mol. The molecule has 2 atom stereocenters. The van der Waals surface area contributed by atoms with Crippen LogP contribution in [-0.4, -0.2) is 22.7 Å². The minimum Gasteiger partial charge on any atom is -0.396 e. The molecular weight excluding hydrogens is 296 g/mol. The van der Waals surface area contributed by atoms with Gasteiger partial charge in [0.05, 0.1) is 0 Å². The van der Waals surface area contributed by atoms with Crippen molar-refractivity contribution in [2.24, 2.45) is 0 Å². The van der Waals surface area contributed by atoms with E-state index in [9.17, 15) is 0 Å². The molecule has 2 N–H and O–H groups in total. The standard InChI is InChI=1S/C21H28N2O/c24-14-2-1-5-17-9-11-20(12-10-17)23-21-8-3-6-18(15-21)19-7-4-13-22-16-19/h4,7,9-13,16,18,21,23-24H,1-3,5-6,8,14-15H2. The number of aryl methyl sites for hydroxylation is 1. The van der Waals surface area contributed by atoms with Gasteiger partial charge in [0.25, 0.3) is 0 Å². The number of rotatable bonds is 7. The molecule has 1 aliphatic rings. The molecule has 2 aromatic rings. The quantitative estimate of drug-likeness (QED) is 0.735. The van der Waals surface area contributed by atoms with Crippen molar-refractivity contribution in [2.75, 3.05) is 11.9 Å². The first kappa shape index (κ1) is 17.0. The zero-order chi connectivity index (χ0) is 16.6. The van der Waals surface area contributed by atoms with Gasteiger partial charge in [-0.05, 0) is 73.8 Å². The number of aliphatic hydroxyl groups is 1. The van der Waals surface area contributed by atoms with Crippen molar-refractivity contribution in [1.29, 1.82) is 0 Å². The molecule has 24 heavy (non-hydrogen) atoms. The Hall–Kier alpha value is -1.87. The molecule has 1 aromatic carbocycles. The topological polar surface area (TPSA) is 45.1 Å². The van der Waals surface area contributed by atoms with Crippen LogP contribution < -0.4 is 5.32 Å². The predicted molar refractivity (Wildman–Crippen MR) is 99.3 cm³/mol. The molecule has 0 amide bonds. The van der Waals surface area contributed by atoms with E-state index < -0.39 is 0 Å². The smallest absolute Gasteiger partial charge is 0.0431 e. The second-order valence-corrected chi connectivity index (χ2v) is 6.87. The Labute approximate surface area is 145 Å². The van der Waals surface area contributed by atoms with E-state index in [1.54, 1.807) is 0 Å². The van der Waals surface area contributed by atoms with Crippen LogP contribution in [0.3, 0.4) is 0 Å². The summed E-state index contributed by atoms with van der Waals surface area (Å²) in [7, 11) is 0. The summed E-state index contributed by atoms with van der Waals surface area (Å²) in [5.74, 6) is 0.628. The van der Waals surface area contributed by atoms with E-state index in [4.69, 9.17) is 5.11 Å². The Balaban J connectivity index is 1.53. The van der Waals surface area contributed by atoms with Crippen molar-refractivity contribution in [3.05, 3.63) is 59.9 Å². The maximum absolute atomic E-state index is 8.86. The molecule has 0 aliphatic heterocycles.